The fraction of sp³-hybridized carbons (Fsp3) is 0.235. The van der Waals surface area contributed by atoms with E-state index in [2.05, 4.69) is 10.3 Å². The largest absolute Gasteiger partial charge is 0.483 e. The van der Waals surface area contributed by atoms with Crippen molar-refractivity contribution in [1.29, 1.82) is 0 Å². The summed E-state index contributed by atoms with van der Waals surface area (Å²) in [6, 6.07) is 11.9. The van der Waals surface area contributed by atoms with E-state index in [9.17, 15) is 0 Å². The minimum atomic E-state index is 0.403. The van der Waals surface area contributed by atoms with Gasteiger partial charge in [-0.25, -0.2) is 0 Å². The molecule has 2 heterocycles. The third-order valence-corrected chi connectivity index (χ3v) is 3.37. The van der Waals surface area contributed by atoms with E-state index >= 15 is 0 Å². The summed E-state index contributed by atoms with van der Waals surface area (Å²) in [7, 11) is 1.90. The smallest absolute Gasteiger partial charge is 0.146 e. The highest BCUT2D eigenvalue weighted by Crippen LogP contribution is 2.24. The number of aromatic nitrogens is 1. The predicted molar refractivity (Wildman–Crippen MR) is 82.3 cm³/mol. The van der Waals surface area contributed by atoms with Gasteiger partial charge in [0.15, 0.2) is 0 Å². The van der Waals surface area contributed by atoms with Gasteiger partial charge >= 0.3 is 0 Å². The molecule has 0 aliphatic carbocycles. The van der Waals surface area contributed by atoms with Crippen LogP contribution in [0.3, 0.4) is 0 Å². The molecule has 3 aromatic rings. The molecular formula is C17H18N2O2. The zero-order valence-electron chi connectivity index (χ0n) is 12.2. The van der Waals surface area contributed by atoms with Crippen molar-refractivity contribution in [3.8, 4) is 5.75 Å². The molecule has 4 heteroatoms. The van der Waals surface area contributed by atoms with E-state index in [0.29, 0.717) is 6.61 Å². The maximum atomic E-state index is 5.88. The van der Waals surface area contributed by atoms with Crippen molar-refractivity contribution in [2.75, 3.05) is 7.05 Å². The van der Waals surface area contributed by atoms with E-state index in [1.165, 1.54) is 0 Å². The van der Waals surface area contributed by atoms with Crippen LogP contribution in [0.4, 0.5) is 0 Å². The van der Waals surface area contributed by atoms with E-state index in [4.69, 9.17) is 9.15 Å². The summed E-state index contributed by atoms with van der Waals surface area (Å²) >= 11 is 0. The van der Waals surface area contributed by atoms with Gasteiger partial charge in [-0.2, -0.15) is 0 Å². The van der Waals surface area contributed by atoms with Crippen molar-refractivity contribution in [3.05, 3.63) is 59.7 Å². The van der Waals surface area contributed by atoms with Gasteiger partial charge in [-0.3, -0.25) is 4.98 Å². The molecule has 0 atom stereocenters. The quantitative estimate of drug-likeness (QED) is 0.778. The van der Waals surface area contributed by atoms with Crippen LogP contribution in [0, 0.1) is 6.92 Å². The molecule has 0 aliphatic heterocycles. The van der Waals surface area contributed by atoms with Crippen molar-refractivity contribution in [1.82, 2.24) is 10.3 Å². The van der Waals surface area contributed by atoms with Crippen molar-refractivity contribution < 1.29 is 9.15 Å². The number of nitrogens with one attached hydrogen (secondary N) is 1. The van der Waals surface area contributed by atoms with Crippen molar-refractivity contribution in [3.63, 3.8) is 0 Å². The number of fused-ring (bicyclic) bond motifs is 1. The number of rotatable bonds is 5. The molecule has 108 valence electrons. The van der Waals surface area contributed by atoms with Crippen LogP contribution >= 0.6 is 0 Å². The number of nitrogens with zero attached hydrogens (tertiary/aromatic N) is 1. The number of pyridine rings is 1. The second-order valence-electron chi connectivity index (χ2n) is 4.97. The fourth-order valence-corrected chi connectivity index (χ4v) is 2.34. The second-order valence-corrected chi connectivity index (χ2v) is 4.97. The van der Waals surface area contributed by atoms with E-state index in [-0.39, 0.29) is 0 Å². The standard InChI is InChI=1S/C17H18N2O2/c1-12-9-14(21-16(12)10-18-2)11-20-15-7-3-5-13-6-4-8-19-17(13)15/h3-9,18H,10-11H2,1-2H3. The second kappa shape index (κ2) is 5.97. The summed E-state index contributed by atoms with van der Waals surface area (Å²) in [6.45, 7) is 3.17. The highest BCUT2D eigenvalue weighted by molar-refractivity contribution is 5.84. The number of ether oxygens (including phenoxy) is 1. The number of para-hydroxylation sites is 1. The molecule has 4 nitrogen and oxygen atoms in total. The zero-order valence-corrected chi connectivity index (χ0v) is 12.2. The number of hydrogen-bond donors (Lipinski definition) is 1. The Bertz CT molecular complexity index is 744. The summed E-state index contributed by atoms with van der Waals surface area (Å²) in [5, 5.41) is 4.16. The van der Waals surface area contributed by atoms with Crippen LogP contribution in [0.2, 0.25) is 0 Å². The molecule has 2 aromatic heterocycles. The van der Waals surface area contributed by atoms with Crippen LogP contribution in [0.5, 0.6) is 5.75 Å². The number of benzene rings is 1. The highest BCUT2D eigenvalue weighted by atomic mass is 16.5. The summed E-state index contributed by atoms with van der Waals surface area (Å²) in [6.07, 6.45) is 1.78. The summed E-state index contributed by atoms with van der Waals surface area (Å²) in [4.78, 5) is 4.38. The van der Waals surface area contributed by atoms with E-state index in [0.717, 1.165) is 40.3 Å². The zero-order chi connectivity index (χ0) is 14.7. The molecule has 0 spiro atoms. The van der Waals surface area contributed by atoms with Gasteiger partial charge in [0.1, 0.15) is 29.4 Å². The van der Waals surface area contributed by atoms with Crippen LogP contribution in [0.15, 0.2) is 47.0 Å². The predicted octanol–water partition coefficient (Wildman–Crippen LogP) is 3.43. The Labute approximate surface area is 123 Å². The first kappa shape index (κ1) is 13.6. The molecule has 0 amide bonds. The molecule has 0 radical (unpaired) electrons. The average Bonchev–Trinajstić information content (AvgIpc) is 2.86. The summed E-state index contributed by atoms with van der Waals surface area (Å²) in [5.74, 6) is 2.55. The van der Waals surface area contributed by atoms with E-state index in [1.807, 2.05) is 50.4 Å². The molecule has 1 N–H and O–H groups in total. The lowest BCUT2D eigenvalue weighted by Crippen LogP contribution is -2.04. The molecule has 0 fully saturated rings. The van der Waals surface area contributed by atoms with Crippen LogP contribution in [0.25, 0.3) is 10.9 Å². The van der Waals surface area contributed by atoms with Crippen molar-refractivity contribution in [2.45, 2.75) is 20.1 Å². The number of aryl methyl sites for hydroxylation is 1. The van der Waals surface area contributed by atoms with Crippen molar-refractivity contribution >= 4 is 10.9 Å². The molecule has 1 aromatic carbocycles. The Morgan fingerprint density at radius 2 is 2.10 bits per heavy atom. The van der Waals surface area contributed by atoms with Gasteiger partial charge in [0.05, 0.1) is 6.54 Å². The Balaban J connectivity index is 1.79. The maximum absolute atomic E-state index is 5.88. The first-order valence-electron chi connectivity index (χ1n) is 6.97. The lowest BCUT2D eigenvalue weighted by molar-refractivity contribution is 0.267. The van der Waals surface area contributed by atoms with E-state index in [1.54, 1.807) is 6.20 Å². The lowest BCUT2D eigenvalue weighted by atomic mass is 10.2. The molecule has 0 saturated carbocycles. The molecule has 3 rings (SSSR count). The van der Waals surface area contributed by atoms with Crippen molar-refractivity contribution in [2.24, 2.45) is 0 Å². The Morgan fingerprint density at radius 3 is 2.95 bits per heavy atom. The Morgan fingerprint density at radius 1 is 1.24 bits per heavy atom. The SMILES string of the molecule is CNCc1oc(COc2cccc3cccnc23)cc1C. The van der Waals surface area contributed by atoms with Gasteiger partial charge in [-0.1, -0.05) is 18.2 Å². The topological polar surface area (TPSA) is 47.3 Å². The molecule has 21 heavy (non-hydrogen) atoms. The number of furan rings is 1. The first-order valence-corrected chi connectivity index (χ1v) is 6.97. The van der Waals surface area contributed by atoms with Gasteiger partial charge in [-0.05, 0) is 37.7 Å². The number of hydrogen-bond acceptors (Lipinski definition) is 4. The molecule has 0 unspecified atom stereocenters. The Kier molecular flexibility index (Phi) is 3.88. The molecule has 0 bridgehead atoms. The first-order chi connectivity index (χ1) is 10.3. The van der Waals surface area contributed by atoms with Crippen LogP contribution < -0.4 is 10.1 Å². The third kappa shape index (κ3) is 2.90. The van der Waals surface area contributed by atoms with Gasteiger partial charge in [0.2, 0.25) is 0 Å². The highest BCUT2D eigenvalue weighted by Gasteiger charge is 2.09. The average molecular weight is 282 g/mol. The fourth-order valence-electron chi connectivity index (χ4n) is 2.34. The molecular weight excluding hydrogens is 264 g/mol. The minimum absolute atomic E-state index is 0.403. The summed E-state index contributed by atoms with van der Waals surface area (Å²) in [5.41, 5.74) is 2.01. The molecule has 0 saturated heterocycles. The molecule has 0 aliphatic rings. The normalized spacial score (nSPS) is 11.0. The Hall–Kier alpha value is -2.33. The van der Waals surface area contributed by atoms with Gasteiger partial charge in [-0.15, -0.1) is 0 Å². The summed E-state index contributed by atoms with van der Waals surface area (Å²) < 4.78 is 11.7. The van der Waals surface area contributed by atoms with Crippen LogP contribution in [0.1, 0.15) is 17.1 Å². The minimum Gasteiger partial charge on any atom is -0.483 e. The monoisotopic (exact) mass is 282 g/mol. The van der Waals surface area contributed by atoms with E-state index < -0.39 is 0 Å². The maximum Gasteiger partial charge on any atom is 0.146 e. The van der Waals surface area contributed by atoms with Gasteiger partial charge in [0, 0.05) is 11.6 Å². The third-order valence-electron chi connectivity index (χ3n) is 3.37. The van der Waals surface area contributed by atoms with Crippen LogP contribution in [-0.2, 0) is 13.2 Å². The van der Waals surface area contributed by atoms with Gasteiger partial charge < -0.3 is 14.5 Å². The van der Waals surface area contributed by atoms with Crippen LogP contribution in [-0.4, -0.2) is 12.0 Å². The lowest BCUT2D eigenvalue weighted by Gasteiger charge is -2.07. The van der Waals surface area contributed by atoms with Gasteiger partial charge in [0.25, 0.3) is 0 Å².